The minimum atomic E-state index is -0.855. The Hall–Kier alpha value is -1.49. The maximum absolute atomic E-state index is 13.8. The molecule has 1 aromatic rings. The van der Waals surface area contributed by atoms with Gasteiger partial charge in [0.15, 0.2) is 0 Å². The first-order chi connectivity index (χ1) is 8.56. The Kier molecular flexibility index (Phi) is 3.61. The molecule has 2 rings (SSSR count). The van der Waals surface area contributed by atoms with E-state index in [9.17, 15) is 13.6 Å². The lowest BCUT2D eigenvalue weighted by atomic mass is 10.1. The molecule has 0 bridgehead atoms. The van der Waals surface area contributed by atoms with Gasteiger partial charge in [0.25, 0.3) is 5.91 Å². The number of aryl methyl sites for hydroxylation is 1. The van der Waals surface area contributed by atoms with Gasteiger partial charge in [-0.05, 0) is 31.4 Å². The van der Waals surface area contributed by atoms with Gasteiger partial charge in [0, 0.05) is 6.54 Å². The third-order valence-corrected chi connectivity index (χ3v) is 3.35. The van der Waals surface area contributed by atoms with Crippen molar-refractivity contribution >= 4 is 5.91 Å². The van der Waals surface area contributed by atoms with Gasteiger partial charge in [-0.25, -0.2) is 8.78 Å². The van der Waals surface area contributed by atoms with E-state index in [1.54, 1.807) is 0 Å². The van der Waals surface area contributed by atoms with Crippen molar-refractivity contribution in [1.82, 2.24) is 4.90 Å². The van der Waals surface area contributed by atoms with Crippen LogP contribution >= 0.6 is 0 Å². The van der Waals surface area contributed by atoms with Crippen LogP contribution in [0.25, 0.3) is 0 Å². The van der Waals surface area contributed by atoms with Gasteiger partial charge in [-0.2, -0.15) is 0 Å². The molecule has 0 aliphatic carbocycles. The summed E-state index contributed by atoms with van der Waals surface area (Å²) in [5.74, 6) is -2.35. The largest absolute Gasteiger partial charge is 0.394 e. The average Bonchev–Trinajstić information content (AvgIpc) is 2.82. The molecule has 1 amide bonds. The normalized spacial score (nSPS) is 19.3. The molecule has 0 aromatic heterocycles. The summed E-state index contributed by atoms with van der Waals surface area (Å²) in [5, 5.41) is 9.14. The molecule has 1 heterocycles. The van der Waals surface area contributed by atoms with Gasteiger partial charge < -0.3 is 10.0 Å². The number of rotatable bonds is 2. The summed E-state index contributed by atoms with van der Waals surface area (Å²) in [7, 11) is 0. The second kappa shape index (κ2) is 5.02. The fourth-order valence-corrected chi connectivity index (χ4v) is 2.29. The van der Waals surface area contributed by atoms with E-state index in [0.29, 0.717) is 13.0 Å². The van der Waals surface area contributed by atoms with E-state index in [-0.39, 0.29) is 18.2 Å². The molecular formula is C13H15F2NO2. The minimum Gasteiger partial charge on any atom is -0.394 e. The molecule has 0 radical (unpaired) electrons. The highest BCUT2D eigenvalue weighted by molar-refractivity contribution is 5.95. The van der Waals surface area contributed by atoms with E-state index in [1.807, 2.05) is 0 Å². The zero-order valence-corrected chi connectivity index (χ0v) is 10.1. The third-order valence-electron chi connectivity index (χ3n) is 3.35. The maximum Gasteiger partial charge on any atom is 0.260 e. The highest BCUT2D eigenvalue weighted by atomic mass is 19.1. The molecule has 5 heteroatoms. The number of carbonyl (C=O) groups excluding carboxylic acids is 1. The van der Waals surface area contributed by atoms with Gasteiger partial charge in [-0.15, -0.1) is 0 Å². The van der Waals surface area contributed by atoms with Crippen molar-refractivity contribution in [2.75, 3.05) is 13.2 Å². The summed E-state index contributed by atoms with van der Waals surface area (Å²) in [6.45, 7) is 1.73. The summed E-state index contributed by atoms with van der Waals surface area (Å²) >= 11 is 0. The lowest BCUT2D eigenvalue weighted by Crippen LogP contribution is -2.38. The number of nitrogens with zero attached hydrogens (tertiary/aromatic N) is 1. The zero-order chi connectivity index (χ0) is 13.3. The fourth-order valence-electron chi connectivity index (χ4n) is 2.29. The average molecular weight is 255 g/mol. The number of aliphatic hydroxyl groups excluding tert-OH is 1. The first-order valence-corrected chi connectivity index (χ1v) is 5.92. The van der Waals surface area contributed by atoms with Gasteiger partial charge in [-0.1, -0.05) is 6.07 Å². The first-order valence-electron chi connectivity index (χ1n) is 5.92. The van der Waals surface area contributed by atoms with Crippen LogP contribution in [-0.2, 0) is 0 Å². The molecule has 1 saturated heterocycles. The summed E-state index contributed by atoms with van der Waals surface area (Å²) in [6.07, 6.45) is 1.41. The van der Waals surface area contributed by atoms with Gasteiger partial charge in [0.05, 0.1) is 12.6 Å². The maximum atomic E-state index is 13.8. The molecule has 3 nitrogen and oxygen atoms in total. The van der Waals surface area contributed by atoms with E-state index in [2.05, 4.69) is 0 Å². The standard InChI is InChI=1S/C13H15F2NO2/c1-8-4-5-10(14)11(12(8)15)13(18)16-6-2-3-9(16)7-17/h4-5,9,17H,2-3,6-7H2,1H3. The highest BCUT2D eigenvalue weighted by Gasteiger charge is 2.32. The second-order valence-electron chi connectivity index (χ2n) is 4.53. The predicted molar refractivity (Wildman–Crippen MR) is 62.2 cm³/mol. The smallest absolute Gasteiger partial charge is 0.260 e. The van der Waals surface area contributed by atoms with Crippen LogP contribution < -0.4 is 0 Å². The number of carbonyl (C=O) groups is 1. The van der Waals surface area contributed by atoms with E-state index in [0.717, 1.165) is 12.5 Å². The molecule has 1 fully saturated rings. The molecule has 1 aliphatic rings. The van der Waals surface area contributed by atoms with Crippen LogP contribution in [0.2, 0.25) is 0 Å². The molecule has 1 N–H and O–H groups in total. The summed E-state index contributed by atoms with van der Waals surface area (Å²) in [5.41, 5.74) is -0.283. The van der Waals surface area contributed by atoms with Crippen molar-refractivity contribution in [2.45, 2.75) is 25.8 Å². The van der Waals surface area contributed by atoms with Crippen LogP contribution in [0.15, 0.2) is 12.1 Å². The minimum absolute atomic E-state index is 0.180. The number of amides is 1. The summed E-state index contributed by atoms with van der Waals surface area (Å²) < 4.78 is 27.5. The van der Waals surface area contributed by atoms with Gasteiger partial charge in [0.2, 0.25) is 0 Å². The highest BCUT2D eigenvalue weighted by Crippen LogP contribution is 2.23. The van der Waals surface area contributed by atoms with Crippen LogP contribution in [0.3, 0.4) is 0 Å². The second-order valence-corrected chi connectivity index (χ2v) is 4.53. The number of hydrogen-bond acceptors (Lipinski definition) is 2. The van der Waals surface area contributed by atoms with Crippen molar-refractivity contribution < 1.29 is 18.7 Å². The van der Waals surface area contributed by atoms with Crippen LogP contribution in [0.4, 0.5) is 8.78 Å². The van der Waals surface area contributed by atoms with E-state index in [1.165, 1.54) is 17.9 Å². The van der Waals surface area contributed by atoms with Crippen LogP contribution in [-0.4, -0.2) is 35.1 Å². The van der Waals surface area contributed by atoms with E-state index < -0.39 is 23.1 Å². The topological polar surface area (TPSA) is 40.5 Å². The third kappa shape index (κ3) is 2.10. The Morgan fingerprint density at radius 1 is 1.50 bits per heavy atom. The Bertz CT molecular complexity index is 476. The van der Waals surface area contributed by atoms with Crippen LogP contribution in [0.1, 0.15) is 28.8 Å². The van der Waals surface area contributed by atoms with Gasteiger partial charge in [-0.3, -0.25) is 4.79 Å². The summed E-state index contributed by atoms with van der Waals surface area (Å²) in [4.78, 5) is 13.5. The molecule has 1 unspecified atom stereocenters. The molecule has 18 heavy (non-hydrogen) atoms. The molecule has 1 atom stereocenters. The van der Waals surface area contributed by atoms with Crippen molar-refractivity contribution in [3.8, 4) is 0 Å². The van der Waals surface area contributed by atoms with Gasteiger partial charge in [0.1, 0.15) is 17.2 Å². The molecule has 1 aliphatic heterocycles. The lowest BCUT2D eigenvalue weighted by molar-refractivity contribution is 0.0667. The first kappa shape index (κ1) is 13.0. The number of hydrogen-bond donors (Lipinski definition) is 1. The van der Waals surface area contributed by atoms with E-state index >= 15 is 0 Å². The molecule has 1 aromatic carbocycles. The number of halogens is 2. The van der Waals surface area contributed by atoms with Crippen molar-refractivity contribution in [2.24, 2.45) is 0 Å². The molecular weight excluding hydrogens is 240 g/mol. The monoisotopic (exact) mass is 255 g/mol. The predicted octanol–water partition coefficient (Wildman–Crippen LogP) is 1.87. The quantitative estimate of drug-likeness (QED) is 0.876. The number of benzene rings is 1. The van der Waals surface area contributed by atoms with Crippen LogP contribution in [0, 0.1) is 18.6 Å². The van der Waals surface area contributed by atoms with Crippen molar-refractivity contribution in [3.05, 3.63) is 34.9 Å². The van der Waals surface area contributed by atoms with Crippen molar-refractivity contribution in [1.29, 1.82) is 0 Å². The fraction of sp³-hybridized carbons (Fsp3) is 0.462. The number of likely N-dealkylation sites (tertiary alicyclic amines) is 1. The van der Waals surface area contributed by atoms with Crippen LogP contribution in [0.5, 0.6) is 0 Å². The van der Waals surface area contributed by atoms with Crippen molar-refractivity contribution in [3.63, 3.8) is 0 Å². The molecule has 0 saturated carbocycles. The molecule has 0 spiro atoms. The zero-order valence-electron chi connectivity index (χ0n) is 10.1. The van der Waals surface area contributed by atoms with Gasteiger partial charge >= 0.3 is 0 Å². The Morgan fingerprint density at radius 2 is 2.22 bits per heavy atom. The Morgan fingerprint density at radius 3 is 2.89 bits per heavy atom. The summed E-state index contributed by atoms with van der Waals surface area (Å²) in [6, 6.07) is 2.06. The van der Waals surface area contributed by atoms with E-state index in [4.69, 9.17) is 5.11 Å². The SMILES string of the molecule is Cc1ccc(F)c(C(=O)N2CCCC2CO)c1F. The Labute approximate surface area is 104 Å². The lowest BCUT2D eigenvalue weighted by Gasteiger charge is -2.23. The number of aliphatic hydroxyl groups is 1. The Balaban J connectivity index is 2.37. The molecule has 98 valence electrons.